The highest BCUT2D eigenvalue weighted by Gasteiger charge is 2.22. The number of primary amides is 1. The number of hydrogen-bond donors (Lipinski definition) is 2. The second-order valence-electron chi connectivity index (χ2n) is 7.95. The number of nitrogens with one attached hydrogen (secondary N) is 1. The van der Waals surface area contributed by atoms with Gasteiger partial charge in [0.15, 0.2) is 0 Å². The number of carbonyl (C=O) groups excluding carboxylic acids is 2. The van der Waals surface area contributed by atoms with E-state index in [1.807, 2.05) is 38.1 Å². The summed E-state index contributed by atoms with van der Waals surface area (Å²) in [6, 6.07) is 15.0. The highest BCUT2D eigenvalue weighted by molar-refractivity contribution is 5.89. The van der Waals surface area contributed by atoms with E-state index in [-0.39, 0.29) is 11.8 Å². The van der Waals surface area contributed by atoms with Crippen molar-refractivity contribution in [1.29, 1.82) is 0 Å². The molecule has 0 saturated carbocycles. The SMILES string of the molecule is CC(C)C(C(N)=O)c1cncc(-c2ccc3[nH]nc(C#Cc4ccc(C=O)cc4)c3c2)c1. The molecular weight excluding hydrogens is 400 g/mol. The van der Waals surface area contributed by atoms with Crippen LogP contribution in [0.4, 0.5) is 0 Å². The first-order valence-electron chi connectivity index (χ1n) is 10.3. The van der Waals surface area contributed by atoms with E-state index in [2.05, 4.69) is 27.0 Å². The Balaban J connectivity index is 1.70. The molecule has 6 nitrogen and oxygen atoms in total. The Labute approximate surface area is 185 Å². The maximum absolute atomic E-state index is 11.9. The van der Waals surface area contributed by atoms with E-state index in [9.17, 15) is 9.59 Å². The fourth-order valence-electron chi connectivity index (χ4n) is 3.73. The van der Waals surface area contributed by atoms with Crippen LogP contribution in [0.3, 0.4) is 0 Å². The summed E-state index contributed by atoms with van der Waals surface area (Å²) in [7, 11) is 0. The molecule has 0 radical (unpaired) electrons. The smallest absolute Gasteiger partial charge is 0.225 e. The first-order valence-corrected chi connectivity index (χ1v) is 10.3. The van der Waals surface area contributed by atoms with Crippen molar-refractivity contribution in [3.63, 3.8) is 0 Å². The molecule has 2 aromatic carbocycles. The quantitative estimate of drug-likeness (QED) is 0.374. The van der Waals surface area contributed by atoms with Gasteiger partial charge in [-0.3, -0.25) is 19.7 Å². The van der Waals surface area contributed by atoms with Gasteiger partial charge in [0.05, 0.1) is 11.4 Å². The number of H-pyrrole nitrogens is 1. The Kier molecular flexibility index (Phi) is 5.82. The molecule has 158 valence electrons. The summed E-state index contributed by atoms with van der Waals surface area (Å²) in [6.45, 7) is 3.94. The molecule has 1 amide bonds. The van der Waals surface area contributed by atoms with Gasteiger partial charge in [-0.2, -0.15) is 5.10 Å². The van der Waals surface area contributed by atoms with Gasteiger partial charge in [-0.05, 0) is 53.3 Å². The fourth-order valence-corrected chi connectivity index (χ4v) is 3.73. The van der Waals surface area contributed by atoms with Crippen molar-refractivity contribution in [2.24, 2.45) is 11.7 Å². The van der Waals surface area contributed by atoms with Crippen LogP contribution in [-0.2, 0) is 4.79 Å². The number of aldehydes is 1. The highest BCUT2D eigenvalue weighted by atomic mass is 16.1. The van der Waals surface area contributed by atoms with Crippen LogP contribution in [0.1, 0.15) is 46.9 Å². The molecule has 2 heterocycles. The Bertz CT molecular complexity index is 1360. The summed E-state index contributed by atoms with van der Waals surface area (Å²) in [5.41, 5.74) is 11.2. The second-order valence-corrected chi connectivity index (χ2v) is 7.95. The third-order valence-electron chi connectivity index (χ3n) is 5.36. The van der Waals surface area contributed by atoms with Gasteiger partial charge in [-0.15, -0.1) is 0 Å². The molecule has 6 heteroatoms. The van der Waals surface area contributed by atoms with Crippen LogP contribution in [0.15, 0.2) is 60.9 Å². The van der Waals surface area contributed by atoms with Crippen LogP contribution in [0, 0.1) is 17.8 Å². The molecule has 0 aliphatic carbocycles. The van der Waals surface area contributed by atoms with Gasteiger partial charge in [-0.1, -0.05) is 38.0 Å². The third-order valence-corrected chi connectivity index (χ3v) is 5.36. The molecule has 4 aromatic rings. The normalized spacial score (nSPS) is 11.7. The lowest BCUT2D eigenvalue weighted by molar-refractivity contribution is -0.120. The zero-order valence-corrected chi connectivity index (χ0v) is 17.8. The maximum Gasteiger partial charge on any atom is 0.225 e. The maximum atomic E-state index is 11.9. The molecule has 4 rings (SSSR count). The molecule has 32 heavy (non-hydrogen) atoms. The van der Waals surface area contributed by atoms with Crippen molar-refractivity contribution < 1.29 is 9.59 Å². The highest BCUT2D eigenvalue weighted by Crippen LogP contribution is 2.29. The zero-order chi connectivity index (χ0) is 22.7. The Morgan fingerprint density at radius 2 is 1.81 bits per heavy atom. The molecule has 0 aliphatic heterocycles. The number of amides is 1. The molecule has 0 fully saturated rings. The van der Waals surface area contributed by atoms with E-state index in [4.69, 9.17) is 5.73 Å². The minimum absolute atomic E-state index is 0.0726. The van der Waals surface area contributed by atoms with E-state index in [0.29, 0.717) is 11.3 Å². The van der Waals surface area contributed by atoms with Crippen molar-refractivity contribution in [2.45, 2.75) is 19.8 Å². The van der Waals surface area contributed by atoms with Crippen LogP contribution >= 0.6 is 0 Å². The molecule has 0 bridgehead atoms. The Morgan fingerprint density at radius 3 is 2.50 bits per heavy atom. The number of nitrogens with two attached hydrogens (primary N) is 1. The number of nitrogens with zero attached hydrogens (tertiary/aromatic N) is 2. The van der Waals surface area contributed by atoms with E-state index in [1.54, 1.807) is 36.7 Å². The minimum Gasteiger partial charge on any atom is -0.369 e. The van der Waals surface area contributed by atoms with E-state index >= 15 is 0 Å². The number of hydrogen-bond acceptors (Lipinski definition) is 4. The average molecular weight is 422 g/mol. The zero-order valence-electron chi connectivity index (χ0n) is 17.8. The van der Waals surface area contributed by atoms with Gasteiger partial charge < -0.3 is 5.73 Å². The summed E-state index contributed by atoms with van der Waals surface area (Å²) < 4.78 is 0. The van der Waals surface area contributed by atoms with Crippen LogP contribution < -0.4 is 5.73 Å². The number of rotatable bonds is 5. The van der Waals surface area contributed by atoms with Crippen molar-refractivity contribution in [3.8, 4) is 23.0 Å². The number of fused-ring (bicyclic) bond motifs is 1. The summed E-state index contributed by atoms with van der Waals surface area (Å²) in [5, 5.41) is 8.23. The second kappa shape index (κ2) is 8.86. The molecule has 1 atom stereocenters. The Morgan fingerprint density at radius 1 is 1.03 bits per heavy atom. The first-order chi connectivity index (χ1) is 15.5. The summed E-state index contributed by atoms with van der Waals surface area (Å²) in [5.74, 6) is 5.51. The molecule has 0 spiro atoms. The van der Waals surface area contributed by atoms with Gasteiger partial charge >= 0.3 is 0 Å². The number of carbonyl (C=O) groups is 2. The van der Waals surface area contributed by atoms with Crippen LogP contribution in [0.2, 0.25) is 0 Å². The van der Waals surface area contributed by atoms with Gasteiger partial charge in [-0.25, -0.2) is 0 Å². The van der Waals surface area contributed by atoms with Gasteiger partial charge in [0, 0.05) is 34.5 Å². The molecule has 2 aromatic heterocycles. The lowest BCUT2D eigenvalue weighted by Crippen LogP contribution is -2.25. The van der Waals surface area contributed by atoms with E-state index in [0.717, 1.165) is 39.4 Å². The van der Waals surface area contributed by atoms with Gasteiger partial charge in [0.25, 0.3) is 0 Å². The predicted molar refractivity (Wildman–Crippen MR) is 124 cm³/mol. The van der Waals surface area contributed by atoms with E-state index in [1.165, 1.54) is 0 Å². The Hall–Kier alpha value is -4.24. The van der Waals surface area contributed by atoms with E-state index < -0.39 is 5.92 Å². The summed E-state index contributed by atoms with van der Waals surface area (Å²) in [6.07, 6.45) is 4.27. The first kappa shape index (κ1) is 21.0. The monoisotopic (exact) mass is 422 g/mol. The van der Waals surface area contributed by atoms with Crippen LogP contribution in [0.25, 0.3) is 22.0 Å². The van der Waals surface area contributed by atoms with Gasteiger partial charge in [0.1, 0.15) is 12.0 Å². The topological polar surface area (TPSA) is 102 Å². The van der Waals surface area contributed by atoms with Crippen LogP contribution in [-0.4, -0.2) is 27.4 Å². The average Bonchev–Trinajstić information content (AvgIpc) is 3.20. The number of aromatic nitrogens is 3. The molecular formula is C26H22N4O2. The predicted octanol–water partition coefficient (Wildman–Crippen LogP) is 4.06. The van der Waals surface area contributed by atoms with Crippen molar-refractivity contribution >= 4 is 23.1 Å². The fraction of sp³-hybridized carbons (Fsp3) is 0.154. The number of pyridine rings is 1. The summed E-state index contributed by atoms with van der Waals surface area (Å²) >= 11 is 0. The summed E-state index contributed by atoms with van der Waals surface area (Å²) in [4.78, 5) is 27.1. The lowest BCUT2D eigenvalue weighted by atomic mass is 9.87. The standard InChI is InChI=1S/C26H22N4O2/c1-16(2)25(26(27)32)21-11-20(13-28-14-21)19-8-10-24-22(12-19)23(29-30-24)9-7-17-3-5-18(15-31)6-4-17/h3-6,8,10-16,25H,1-2H3,(H2,27,32)(H,29,30). The number of benzene rings is 2. The molecule has 3 N–H and O–H groups in total. The van der Waals surface area contributed by atoms with Gasteiger partial charge in [0.2, 0.25) is 5.91 Å². The van der Waals surface area contributed by atoms with Crippen molar-refractivity contribution in [2.75, 3.05) is 0 Å². The third kappa shape index (κ3) is 4.28. The van der Waals surface area contributed by atoms with Crippen molar-refractivity contribution in [1.82, 2.24) is 15.2 Å². The molecule has 1 unspecified atom stereocenters. The molecule has 0 aliphatic rings. The van der Waals surface area contributed by atoms with Crippen LogP contribution in [0.5, 0.6) is 0 Å². The molecule has 0 saturated heterocycles. The largest absolute Gasteiger partial charge is 0.369 e. The van der Waals surface area contributed by atoms with Crippen molar-refractivity contribution in [3.05, 3.63) is 83.3 Å². The lowest BCUT2D eigenvalue weighted by Gasteiger charge is -2.18. The number of aromatic amines is 1. The minimum atomic E-state index is -0.396.